The van der Waals surface area contributed by atoms with Crippen LogP contribution in [0.1, 0.15) is 48.9 Å². The van der Waals surface area contributed by atoms with Crippen LogP contribution in [0.25, 0.3) is 17.2 Å². The van der Waals surface area contributed by atoms with E-state index in [2.05, 4.69) is 31.3 Å². The number of rotatable bonds is 5. The summed E-state index contributed by atoms with van der Waals surface area (Å²) in [6.07, 6.45) is 7.56. The first-order valence-electron chi connectivity index (χ1n) is 9.30. The maximum atomic E-state index is 12.5. The molecule has 1 saturated carbocycles. The third-order valence-electron chi connectivity index (χ3n) is 5.08. The SMILES string of the molecule is Nc1cc(C(=O)NCCC2CCCCC2)cc2nc(-c3ccc(Br)o3)nn12. The average molecular weight is 432 g/mol. The van der Waals surface area contributed by atoms with Gasteiger partial charge in [-0.3, -0.25) is 4.79 Å². The van der Waals surface area contributed by atoms with Gasteiger partial charge in [0.1, 0.15) is 5.82 Å². The molecule has 1 amide bonds. The summed E-state index contributed by atoms with van der Waals surface area (Å²) >= 11 is 3.26. The van der Waals surface area contributed by atoms with Crippen molar-refractivity contribution in [2.75, 3.05) is 12.3 Å². The molecule has 1 aliphatic carbocycles. The van der Waals surface area contributed by atoms with Crippen molar-refractivity contribution in [3.8, 4) is 11.6 Å². The highest BCUT2D eigenvalue weighted by atomic mass is 79.9. The van der Waals surface area contributed by atoms with Gasteiger partial charge in [0, 0.05) is 12.1 Å². The highest BCUT2D eigenvalue weighted by Crippen LogP contribution is 2.26. The first-order valence-corrected chi connectivity index (χ1v) is 10.1. The molecule has 0 unspecified atom stereocenters. The number of pyridine rings is 1. The molecule has 1 fully saturated rings. The summed E-state index contributed by atoms with van der Waals surface area (Å²) < 4.78 is 7.59. The Bertz CT molecular complexity index is 958. The number of hydrogen-bond acceptors (Lipinski definition) is 5. The highest BCUT2D eigenvalue weighted by Gasteiger charge is 2.16. The van der Waals surface area contributed by atoms with Gasteiger partial charge in [0.15, 0.2) is 16.1 Å². The summed E-state index contributed by atoms with van der Waals surface area (Å²) in [6.45, 7) is 0.687. The molecule has 0 bridgehead atoms. The van der Waals surface area contributed by atoms with Crippen molar-refractivity contribution in [1.29, 1.82) is 0 Å². The summed E-state index contributed by atoms with van der Waals surface area (Å²) in [6, 6.07) is 6.86. The van der Waals surface area contributed by atoms with Gasteiger partial charge in [-0.05, 0) is 52.5 Å². The molecule has 1 aliphatic rings. The van der Waals surface area contributed by atoms with Gasteiger partial charge in [-0.15, -0.1) is 5.10 Å². The van der Waals surface area contributed by atoms with Gasteiger partial charge >= 0.3 is 0 Å². The molecule has 3 heterocycles. The normalized spacial score (nSPS) is 15.3. The van der Waals surface area contributed by atoms with Crippen LogP contribution < -0.4 is 11.1 Å². The second-order valence-electron chi connectivity index (χ2n) is 7.03. The van der Waals surface area contributed by atoms with Crippen molar-refractivity contribution in [1.82, 2.24) is 19.9 Å². The fraction of sp³-hybridized carbons (Fsp3) is 0.421. The molecule has 3 aromatic rings. The fourth-order valence-corrected chi connectivity index (χ4v) is 3.95. The number of amides is 1. The van der Waals surface area contributed by atoms with E-state index in [1.165, 1.54) is 36.6 Å². The van der Waals surface area contributed by atoms with E-state index in [0.29, 0.717) is 39.8 Å². The van der Waals surface area contributed by atoms with Crippen LogP contribution in [0.5, 0.6) is 0 Å². The van der Waals surface area contributed by atoms with Crippen molar-refractivity contribution >= 4 is 33.3 Å². The molecule has 27 heavy (non-hydrogen) atoms. The number of fused-ring (bicyclic) bond motifs is 1. The van der Waals surface area contributed by atoms with E-state index >= 15 is 0 Å². The van der Waals surface area contributed by atoms with E-state index in [4.69, 9.17) is 10.2 Å². The van der Waals surface area contributed by atoms with Gasteiger partial charge in [-0.25, -0.2) is 4.98 Å². The summed E-state index contributed by atoms with van der Waals surface area (Å²) in [5.41, 5.74) is 7.08. The van der Waals surface area contributed by atoms with Crippen molar-refractivity contribution in [2.24, 2.45) is 5.92 Å². The van der Waals surface area contributed by atoms with Crippen molar-refractivity contribution in [2.45, 2.75) is 38.5 Å². The Kier molecular flexibility index (Phi) is 5.15. The van der Waals surface area contributed by atoms with Crippen molar-refractivity contribution in [3.05, 3.63) is 34.5 Å². The number of nitrogen functional groups attached to an aromatic ring is 1. The number of nitrogens with two attached hydrogens (primary N) is 1. The van der Waals surface area contributed by atoms with E-state index in [1.54, 1.807) is 24.3 Å². The Morgan fingerprint density at radius 3 is 2.85 bits per heavy atom. The minimum Gasteiger partial charge on any atom is -0.446 e. The molecule has 3 N–H and O–H groups in total. The van der Waals surface area contributed by atoms with Crippen molar-refractivity contribution < 1.29 is 9.21 Å². The summed E-state index contributed by atoms with van der Waals surface area (Å²) in [5, 5.41) is 7.36. The number of carbonyl (C=O) groups excluding carboxylic acids is 1. The Hall–Kier alpha value is -2.35. The quantitative estimate of drug-likeness (QED) is 0.634. The summed E-state index contributed by atoms with van der Waals surface area (Å²) in [7, 11) is 0. The second-order valence-corrected chi connectivity index (χ2v) is 7.81. The number of nitrogens with one attached hydrogen (secondary N) is 1. The van der Waals surface area contributed by atoms with Gasteiger partial charge in [0.2, 0.25) is 5.82 Å². The van der Waals surface area contributed by atoms with Gasteiger partial charge in [0.25, 0.3) is 5.91 Å². The molecule has 142 valence electrons. The number of aromatic nitrogens is 3. The lowest BCUT2D eigenvalue weighted by Crippen LogP contribution is -2.26. The van der Waals surface area contributed by atoms with Crippen LogP contribution in [-0.2, 0) is 0 Å². The van der Waals surface area contributed by atoms with Crippen LogP contribution in [0.4, 0.5) is 5.82 Å². The summed E-state index contributed by atoms with van der Waals surface area (Å²) in [5.74, 6) is 1.91. The van der Waals surface area contributed by atoms with Crippen LogP contribution in [0.2, 0.25) is 0 Å². The first-order chi connectivity index (χ1) is 13.1. The third kappa shape index (κ3) is 4.00. The van der Waals surface area contributed by atoms with E-state index in [-0.39, 0.29) is 5.91 Å². The zero-order valence-electron chi connectivity index (χ0n) is 14.9. The third-order valence-corrected chi connectivity index (χ3v) is 5.51. The van der Waals surface area contributed by atoms with E-state index in [0.717, 1.165) is 12.3 Å². The topological polar surface area (TPSA) is 98.5 Å². The lowest BCUT2D eigenvalue weighted by atomic mass is 9.87. The van der Waals surface area contributed by atoms with Gasteiger partial charge in [-0.2, -0.15) is 4.52 Å². The van der Waals surface area contributed by atoms with Gasteiger partial charge in [-0.1, -0.05) is 32.1 Å². The van der Waals surface area contributed by atoms with Gasteiger partial charge < -0.3 is 15.5 Å². The molecule has 8 heteroatoms. The average Bonchev–Trinajstić information content (AvgIpc) is 3.29. The minimum absolute atomic E-state index is 0.134. The number of anilines is 1. The van der Waals surface area contributed by atoms with E-state index in [9.17, 15) is 4.79 Å². The van der Waals surface area contributed by atoms with Gasteiger partial charge in [0.05, 0.1) is 0 Å². The van der Waals surface area contributed by atoms with Crippen LogP contribution >= 0.6 is 15.9 Å². The standard InChI is InChI=1S/C19H22BrN5O2/c20-15-7-6-14(27-15)18-23-17-11-13(10-16(21)25(17)24-18)19(26)22-9-8-12-4-2-1-3-5-12/h6-7,10-12H,1-5,8-9,21H2,(H,22,26). The van der Waals surface area contributed by atoms with Crippen LogP contribution in [-0.4, -0.2) is 27.0 Å². The van der Waals surface area contributed by atoms with Crippen molar-refractivity contribution in [3.63, 3.8) is 0 Å². The largest absolute Gasteiger partial charge is 0.446 e. The van der Waals surface area contributed by atoms with Crippen LogP contribution in [0, 0.1) is 5.92 Å². The zero-order valence-corrected chi connectivity index (χ0v) is 16.5. The number of nitrogens with zero attached hydrogens (tertiary/aromatic N) is 3. The second kappa shape index (κ2) is 7.72. The molecule has 0 spiro atoms. The number of hydrogen-bond donors (Lipinski definition) is 2. The predicted octanol–water partition coefficient (Wildman–Crippen LogP) is 4.03. The molecule has 0 atom stereocenters. The molecule has 7 nitrogen and oxygen atoms in total. The Balaban J connectivity index is 1.47. The Labute approximate surface area is 165 Å². The Morgan fingerprint density at radius 1 is 1.30 bits per heavy atom. The molecule has 0 saturated heterocycles. The molecule has 3 aromatic heterocycles. The molecule has 0 aliphatic heterocycles. The zero-order chi connectivity index (χ0) is 18.8. The first kappa shape index (κ1) is 18.0. The molecule has 0 aromatic carbocycles. The van der Waals surface area contributed by atoms with E-state index < -0.39 is 0 Å². The number of halogens is 1. The smallest absolute Gasteiger partial charge is 0.251 e. The number of furan rings is 1. The lowest BCUT2D eigenvalue weighted by molar-refractivity contribution is 0.0950. The fourth-order valence-electron chi connectivity index (χ4n) is 3.65. The highest BCUT2D eigenvalue weighted by molar-refractivity contribution is 9.10. The van der Waals surface area contributed by atoms with E-state index in [1.807, 2.05) is 0 Å². The maximum Gasteiger partial charge on any atom is 0.251 e. The maximum absolute atomic E-state index is 12.5. The van der Waals surface area contributed by atoms with Crippen LogP contribution in [0.15, 0.2) is 33.4 Å². The molecular weight excluding hydrogens is 410 g/mol. The predicted molar refractivity (Wildman–Crippen MR) is 106 cm³/mol. The van der Waals surface area contributed by atoms with Crippen LogP contribution in [0.3, 0.4) is 0 Å². The minimum atomic E-state index is -0.134. The Morgan fingerprint density at radius 2 is 2.11 bits per heavy atom. The lowest BCUT2D eigenvalue weighted by Gasteiger charge is -2.21. The number of carbonyl (C=O) groups is 1. The molecule has 0 radical (unpaired) electrons. The molecule has 4 rings (SSSR count). The summed E-state index contributed by atoms with van der Waals surface area (Å²) in [4.78, 5) is 16.9. The monoisotopic (exact) mass is 431 g/mol. The molecular formula is C19H22BrN5O2.